The predicted octanol–water partition coefficient (Wildman–Crippen LogP) is 2.93. The summed E-state index contributed by atoms with van der Waals surface area (Å²) in [4.78, 5) is 11.1. The van der Waals surface area contributed by atoms with Gasteiger partial charge in [-0.05, 0) is 46.9 Å². The second-order valence-corrected chi connectivity index (χ2v) is 4.79. The molecule has 2 rings (SSSR count). The molecule has 0 aromatic heterocycles. The number of aliphatic carboxylic acids is 1. The van der Waals surface area contributed by atoms with Crippen LogP contribution >= 0.6 is 0 Å². The smallest absolute Gasteiger partial charge is 0.328 e. The molecule has 0 atom stereocenters. The molecule has 0 amide bonds. The summed E-state index contributed by atoms with van der Waals surface area (Å²) in [5, 5.41) is 9.11. The molecule has 0 heterocycles. The lowest BCUT2D eigenvalue weighted by Crippen LogP contribution is -1.99. The van der Waals surface area contributed by atoms with E-state index in [2.05, 4.69) is 0 Å². The van der Waals surface area contributed by atoms with Crippen molar-refractivity contribution in [1.29, 1.82) is 0 Å². The van der Waals surface area contributed by atoms with Gasteiger partial charge < -0.3 is 16.6 Å². The van der Waals surface area contributed by atoms with Crippen molar-refractivity contribution in [2.75, 3.05) is 11.5 Å². The van der Waals surface area contributed by atoms with Crippen LogP contribution < -0.4 is 11.5 Å². The molecule has 108 valence electrons. The third-order valence-corrected chi connectivity index (χ3v) is 3.30. The van der Waals surface area contributed by atoms with Crippen molar-refractivity contribution in [2.45, 2.75) is 13.3 Å². The van der Waals surface area contributed by atoms with Gasteiger partial charge in [-0.1, -0.05) is 31.2 Å². The normalized spacial score (nSPS) is 11.4. The summed E-state index contributed by atoms with van der Waals surface area (Å²) in [6.07, 6.45) is 2.01. The molecule has 0 radical (unpaired) electrons. The van der Waals surface area contributed by atoms with Gasteiger partial charge in [0.05, 0.1) is 0 Å². The van der Waals surface area contributed by atoms with Gasteiger partial charge in [-0.3, -0.25) is 0 Å². The van der Waals surface area contributed by atoms with E-state index in [4.69, 9.17) is 16.6 Å². The molecule has 0 aliphatic heterocycles. The second-order valence-electron chi connectivity index (χ2n) is 4.79. The fourth-order valence-corrected chi connectivity index (χ4v) is 2.25. The SMILES string of the molecule is CCc1ccc(C(=CC(=O)O)c2cccc(N)c2)cc1N. The van der Waals surface area contributed by atoms with Crippen LogP contribution in [0.25, 0.3) is 5.57 Å². The van der Waals surface area contributed by atoms with Gasteiger partial charge in [-0.25, -0.2) is 4.79 Å². The Morgan fingerprint density at radius 1 is 1.14 bits per heavy atom. The van der Waals surface area contributed by atoms with Crippen molar-refractivity contribution in [3.05, 3.63) is 65.2 Å². The van der Waals surface area contributed by atoms with E-state index in [0.717, 1.165) is 23.1 Å². The highest BCUT2D eigenvalue weighted by Gasteiger charge is 2.09. The summed E-state index contributed by atoms with van der Waals surface area (Å²) in [5.74, 6) is -1.01. The number of rotatable bonds is 4. The highest BCUT2D eigenvalue weighted by atomic mass is 16.4. The van der Waals surface area contributed by atoms with Gasteiger partial charge in [0.25, 0.3) is 0 Å². The highest BCUT2D eigenvalue weighted by molar-refractivity contribution is 5.96. The lowest BCUT2D eigenvalue weighted by Gasteiger charge is -2.11. The number of aryl methyl sites for hydroxylation is 1. The fourth-order valence-electron chi connectivity index (χ4n) is 2.25. The van der Waals surface area contributed by atoms with E-state index >= 15 is 0 Å². The molecular weight excluding hydrogens is 264 g/mol. The summed E-state index contributed by atoms with van der Waals surface area (Å²) in [6, 6.07) is 12.7. The maximum absolute atomic E-state index is 11.1. The molecule has 4 nitrogen and oxygen atoms in total. The third-order valence-electron chi connectivity index (χ3n) is 3.30. The van der Waals surface area contributed by atoms with Gasteiger partial charge in [0.15, 0.2) is 0 Å². The molecule has 0 unspecified atom stereocenters. The average Bonchev–Trinajstić information content (AvgIpc) is 2.44. The van der Waals surface area contributed by atoms with Crippen LogP contribution in [0.3, 0.4) is 0 Å². The Morgan fingerprint density at radius 3 is 2.43 bits per heavy atom. The number of nitrogen functional groups attached to an aromatic ring is 2. The lowest BCUT2D eigenvalue weighted by molar-refractivity contribution is -0.131. The first kappa shape index (κ1) is 14.7. The molecule has 4 heteroatoms. The Morgan fingerprint density at radius 2 is 1.86 bits per heavy atom. The van der Waals surface area contributed by atoms with Crippen LogP contribution in [0.15, 0.2) is 48.5 Å². The number of carboxylic acids is 1. The molecule has 2 aromatic carbocycles. The van der Waals surface area contributed by atoms with E-state index in [-0.39, 0.29) is 0 Å². The number of hydrogen-bond donors (Lipinski definition) is 3. The Bertz CT molecular complexity index is 706. The first-order valence-electron chi connectivity index (χ1n) is 6.70. The average molecular weight is 282 g/mol. The summed E-state index contributed by atoms with van der Waals surface area (Å²) < 4.78 is 0. The van der Waals surface area contributed by atoms with Crippen LogP contribution in [-0.4, -0.2) is 11.1 Å². The van der Waals surface area contributed by atoms with Gasteiger partial charge in [0.1, 0.15) is 0 Å². The number of carbonyl (C=O) groups is 1. The molecule has 0 saturated carbocycles. The quantitative estimate of drug-likeness (QED) is 0.594. The number of carboxylic acid groups (broad SMARTS) is 1. The number of anilines is 2. The van der Waals surface area contributed by atoms with Gasteiger partial charge in [0.2, 0.25) is 0 Å². The standard InChI is InChI=1S/C17H18N2O2/c1-2-11-6-7-13(9-16(11)19)15(10-17(20)21)12-4-3-5-14(18)8-12/h3-10H,2,18-19H2,1H3,(H,20,21). The summed E-state index contributed by atoms with van der Waals surface area (Å²) >= 11 is 0. The van der Waals surface area contributed by atoms with Crippen LogP contribution in [0.5, 0.6) is 0 Å². The monoisotopic (exact) mass is 282 g/mol. The molecule has 0 spiro atoms. The predicted molar refractivity (Wildman–Crippen MR) is 85.8 cm³/mol. The van der Waals surface area contributed by atoms with Crippen molar-refractivity contribution in [1.82, 2.24) is 0 Å². The number of hydrogen-bond acceptors (Lipinski definition) is 3. The number of nitrogens with two attached hydrogens (primary N) is 2. The summed E-state index contributed by atoms with van der Waals surface area (Å²) in [5.41, 5.74) is 16.2. The van der Waals surface area contributed by atoms with Crippen LogP contribution in [0.1, 0.15) is 23.6 Å². The van der Waals surface area contributed by atoms with Crippen LogP contribution in [0.2, 0.25) is 0 Å². The Hall–Kier alpha value is -2.75. The zero-order valence-corrected chi connectivity index (χ0v) is 11.8. The zero-order valence-electron chi connectivity index (χ0n) is 11.8. The molecule has 0 aliphatic rings. The minimum Gasteiger partial charge on any atom is -0.478 e. The minimum atomic E-state index is -1.01. The molecule has 5 N–H and O–H groups in total. The van der Waals surface area contributed by atoms with Crippen molar-refractivity contribution in [3.63, 3.8) is 0 Å². The zero-order chi connectivity index (χ0) is 15.4. The van der Waals surface area contributed by atoms with Crippen molar-refractivity contribution >= 4 is 22.9 Å². The molecule has 2 aromatic rings. The Balaban J connectivity index is 2.56. The largest absolute Gasteiger partial charge is 0.478 e. The van der Waals surface area contributed by atoms with E-state index in [9.17, 15) is 4.79 Å². The fraction of sp³-hybridized carbons (Fsp3) is 0.118. The van der Waals surface area contributed by atoms with Crippen molar-refractivity contribution < 1.29 is 9.90 Å². The molecule has 21 heavy (non-hydrogen) atoms. The number of benzene rings is 2. The van der Waals surface area contributed by atoms with E-state index < -0.39 is 5.97 Å². The maximum Gasteiger partial charge on any atom is 0.328 e. The minimum absolute atomic E-state index is 0.585. The Kier molecular flexibility index (Phi) is 4.28. The Labute approximate surface area is 123 Å². The molecule has 0 bridgehead atoms. The van der Waals surface area contributed by atoms with Crippen LogP contribution in [-0.2, 0) is 11.2 Å². The molecule has 0 fully saturated rings. The first-order valence-corrected chi connectivity index (χ1v) is 6.70. The summed E-state index contributed by atoms with van der Waals surface area (Å²) in [6.45, 7) is 2.03. The summed E-state index contributed by atoms with van der Waals surface area (Å²) in [7, 11) is 0. The van der Waals surface area contributed by atoms with Crippen LogP contribution in [0, 0.1) is 0 Å². The van der Waals surface area contributed by atoms with E-state index in [1.54, 1.807) is 24.3 Å². The van der Waals surface area contributed by atoms with E-state index in [1.807, 2.05) is 25.1 Å². The molecule has 0 aliphatic carbocycles. The maximum atomic E-state index is 11.1. The topological polar surface area (TPSA) is 89.3 Å². The van der Waals surface area contributed by atoms with Gasteiger partial charge in [-0.2, -0.15) is 0 Å². The van der Waals surface area contributed by atoms with Crippen LogP contribution in [0.4, 0.5) is 11.4 Å². The van der Waals surface area contributed by atoms with Crippen molar-refractivity contribution in [2.24, 2.45) is 0 Å². The third kappa shape index (κ3) is 3.42. The molecular formula is C17H18N2O2. The van der Waals surface area contributed by atoms with Gasteiger partial charge in [0, 0.05) is 17.5 Å². The molecule has 0 saturated heterocycles. The second kappa shape index (κ2) is 6.13. The van der Waals surface area contributed by atoms with E-state index in [1.165, 1.54) is 6.08 Å². The first-order chi connectivity index (χ1) is 10.0. The van der Waals surface area contributed by atoms with Crippen molar-refractivity contribution in [3.8, 4) is 0 Å². The van der Waals surface area contributed by atoms with Gasteiger partial charge in [-0.15, -0.1) is 0 Å². The van der Waals surface area contributed by atoms with Gasteiger partial charge >= 0.3 is 5.97 Å². The van der Waals surface area contributed by atoms with E-state index in [0.29, 0.717) is 16.9 Å². The lowest BCUT2D eigenvalue weighted by atomic mass is 9.95. The highest BCUT2D eigenvalue weighted by Crippen LogP contribution is 2.27.